The van der Waals surface area contributed by atoms with E-state index < -0.39 is 0 Å². The summed E-state index contributed by atoms with van der Waals surface area (Å²) in [6.45, 7) is 2.17. The van der Waals surface area contributed by atoms with Gasteiger partial charge in [-0.2, -0.15) is 0 Å². The van der Waals surface area contributed by atoms with Crippen LogP contribution in [0.1, 0.15) is 37.7 Å². The van der Waals surface area contributed by atoms with Crippen molar-refractivity contribution in [3.05, 3.63) is 48.0 Å². The second kappa shape index (κ2) is 9.85. The summed E-state index contributed by atoms with van der Waals surface area (Å²) >= 11 is 0. The van der Waals surface area contributed by atoms with Crippen LogP contribution in [0.25, 0.3) is 0 Å². The summed E-state index contributed by atoms with van der Waals surface area (Å²) in [6, 6.07) is 14.4. The van der Waals surface area contributed by atoms with E-state index in [0.29, 0.717) is 36.4 Å². The zero-order chi connectivity index (χ0) is 20.8. The van der Waals surface area contributed by atoms with Gasteiger partial charge in [-0.3, -0.25) is 9.69 Å². The number of rotatable bonds is 7. The van der Waals surface area contributed by atoms with E-state index in [2.05, 4.69) is 34.7 Å². The number of nitrogens with one attached hydrogen (secondary N) is 2. The molecule has 0 unspecified atom stereocenters. The summed E-state index contributed by atoms with van der Waals surface area (Å²) in [4.78, 5) is 14.9. The summed E-state index contributed by atoms with van der Waals surface area (Å²) in [6.07, 6.45) is 6.58. The van der Waals surface area contributed by atoms with Crippen LogP contribution in [0.5, 0.6) is 11.5 Å². The molecule has 0 bridgehead atoms. The molecule has 2 aromatic rings. The van der Waals surface area contributed by atoms with Crippen LogP contribution in [-0.2, 0) is 11.3 Å². The van der Waals surface area contributed by atoms with E-state index >= 15 is 0 Å². The van der Waals surface area contributed by atoms with Gasteiger partial charge >= 0.3 is 0 Å². The van der Waals surface area contributed by atoms with E-state index in [1.54, 1.807) is 6.07 Å². The number of nitrogens with zero attached hydrogens (tertiary/aromatic N) is 1. The third-order valence-corrected chi connectivity index (χ3v) is 5.90. The average Bonchev–Trinajstić information content (AvgIpc) is 2.79. The van der Waals surface area contributed by atoms with Crippen molar-refractivity contribution in [2.45, 2.75) is 44.7 Å². The maximum Gasteiger partial charge on any atom is 0.243 e. The molecule has 6 heteroatoms. The molecule has 1 fully saturated rings. The van der Waals surface area contributed by atoms with Crippen molar-refractivity contribution in [3.63, 3.8) is 0 Å². The van der Waals surface area contributed by atoms with Crippen molar-refractivity contribution in [3.8, 4) is 11.5 Å². The first-order chi connectivity index (χ1) is 14.7. The number of benzene rings is 2. The van der Waals surface area contributed by atoms with Crippen LogP contribution in [-0.4, -0.2) is 43.7 Å². The average molecular weight is 410 g/mol. The molecule has 30 heavy (non-hydrogen) atoms. The molecule has 2 N–H and O–H groups in total. The number of carbonyl (C=O) groups excluding carboxylic acids is 1. The SMILES string of the molecule is CN(Cc1ccccc1NCC(=O)Nc1ccc2c(c1)OCCO2)C1CCCCC1. The van der Waals surface area contributed by atoms with Gasteiger partial charge in [0.25, 0.3) is 0 Å². The molecule has 1 aliphatic heterocycles. The Morgan fingerprint density at radius 2 is 1.80 bits per heavy atom. The van der Waals surface area contributed by atoms with Crippen LogP contribution in [0.3, 0.4) is 0 Å². The Labute approximate surface area is 178 Å². The highest BCUT2D eigenvalue weighted by molar-refractivity contribution is 5.94. The Morgan fingerprint density at radius 1 is 1.03 bits per heavy atom. The lowest BCUT2D eigenvalue weighted by Gasteiger charge is -2.31. The quantitative estimate of drug-likeness (QED) is 0.715. The Bertz CT molecular complexity index is 865. The van der Waals surface area contributed by atoms with Crippen LogP contribution in [0.4, 0.5) is 11.4 Å². The van der Waals surface area contributed by atoms with Gasteiger partial charge in [0.2, 0.25) is 5.91 Å². The van der Waals surface area contributed by atoms with Gasteiger partial charge in [-0.05, 0) is 43.7 Å². The van der Waals surface area contributed by atoms with Crippen molar-refractivity contribution in [2.75, 3.05) is 37.4 Å². The Kier molecular flexibility index (Phi) is 6.74. The second-order valence-electron chi connectivity index (χ2n) is 8.12. The van der Waals surface area contributed by atoms with Gasteiger partial charge in [-0.25, -0.2) is 0 Å². The smallest absolute Gasteiger partial charge is 0.243 e. The molecule has 0 radical (unpaired) electrons. The number of ether oxygens (including phenoxy) is 2. The summed E-state index contributed by atoms with van der Waals surface area (Å²) in [7, 11) is 2.21. The van der Waals surface area contributed by atoms with Gasteiger partial charge in [0.1, 0.15) is 13.2 Å². The molecule has 0 saturated heterocycles. The Hall–Kier alpha value is -2.73. The van der Waals surface area contributed by atoms with Crippen LogP contribution in [0, 0.1) is 0 Å². The number of hydrogen-bond donors (Lipinski definition) is 2. The predicted octanol–water partition coefficient (Wildman–Crippen LogP) is 4.27. The fraction of sp³-hybridized carbons (Fsp3) is 0.458. The van der Waals surface area contributed by atoms with Gasteiger partial charge in [0.05, 0.1) is 6.54 Å². The standard InChI is InChI=1S/C24H31N3O3/c1-27(20-8-3-2-4-9-20)17-18-7-5-6-10-21(18)25-16-24(28)26-19-11-12-22-23(15-19)30-14-13-29-22/h5-7,10-12,15,20,25H,2-4,8-9,13-14,16-17H2,1H3,(H,26,28). The largest absolute Gasteiger partial charge is 0.486 e. The van der Waals surface area contributed by atoms with Crippen LogP contribution < -0.4 is 20.1 Å². The fourth-order valence-electron chi connectivity index (χ4n) is 4.25. The third-order valence-electron chi connectivity index (χ3n) is 5.90. The maximum atomic E-state index is 12.5. The van der Waals surface area contributed by atoms with Crippen LogP contribution in [0.15, 0.2) is 42.5 Å². The predicted molar refractivity (Wildman–Crippen MR) is 119 cm³/mol. The van der Waals surface area contributed by atoms with E-state index in [0.717, 1.165) is 12.2 Å². The number of para-hydroxylation sites is 1. The molecule has 160 valence electrons. The highest BCUT2D eigenvalue weighted by Crippen LogP contribution is 2.32. The van der Waals surface area contributed by atoms with Crippen molar-refractivity contribution < 1.29 is 14.3 Å². The van der Waals surface area contributed by atoms with Crippen molar-refractivity contribution in [2.24, 2.45) is 0 Å². The minimum absolute atomic E-state index is 0.0953. The molecule has 1 amide bonds. The summed E-state index contributed by atoms with van der Waals surface area (Å²) in [5, 5.41) is 6.24. The van der Waals surface area contributed by atoms with Crippen molar-refractivity contribution in [1.29, 1.82) is 0 Å². The highest BCUT2D eigenvalue weighted by atomic mass is 16.6. The molecule has 1 heterocycles. The van der Waals surface area contributed by atoms with Gasteiger partial charge in [0, 0.05) is 30.0 Å². The van der Waals surface area contributed by atoms with E-state index in [4.69, 9.17) is 9.47 Å². The molecule has 2 aromatic carbocycles. The molecule has 0 spiro atoms. The molecule has 0 aromatic heterocycles. The first kappa shape index (κ1) is 20.5. The molecule has 0 atom stereocenters. The van der Waals surface area contributed by atoms with E-state index in [-0.39, 0.29) is 12.5 Å². The fourth-order valence-corrected chi connectivity index (χ4v) is 4.25. The highest BCUT2D eigenvalue weighted by Gasteiger charge is 2.19. The third kappa shape index (κ3) is 5.25. The van der Waals surface area contributed by atoms with Crippen molar-refractivity contribution in [1.82, 2.24) is 4.90 Å². The van der Waals surface area contributed by atoms with Gasteiger partial charge in [-0.1, -0.05) is 37.5 Å². The number of anilines is 2. The maximum absolute atomic E-state index is 12.5. The number of hydrogen-bond acceptors (Lipinski definition) is 5. The van der Waals surface area contributed by atoms with E-state index in [9.17, 15) is 4.79 Å². The number of fused-ring (bicyclic) bond motifs is 1. The molecule has 6 nitrogen and oxygen atoms in total. The lowest BCUT2D eigenvalue weighted by molar-refractivity contribution is -0.114. The number of carbonyl (C=O) groups is 1. The Balaban J connectivity index is 1.32. The lowest BCUT2D eigenvalue weighted by Crippen LogP contribution is -2.33. The van der Waals surface area contributed by atoms with Crippen molar-refractivity contribution >= 4 is 17.3 Å². The lowest BCUT2D eigenvalue weighted by atomic mass is 9.94. The Morgan fingerprint density at radius 3 is 2.63 bits per heavy atom. The monoisotopic (exact) mass is 409 g/mol. The second-order valence-corrected chi connectivity index (χ2v) is 8.12. The normalized spacial score (nSPS) is 16.3. The zero-order valence-electron chi connectivity index (χ0n) is 17.7. The van der Waals surface area contributed by atoms with Gasteiger partial charge in [0.15, 0.2) is 11.5 Å². The minimum atomic E-state index is -0.0953. The summed E-state index contributed by atoms with van der Waals surface area (Å²) in [5.74, 6) is 1.29. The molecular formula is C24H31N3O3. The molecule has 4 rings (SSSR count). The molecule has 1 saturated carbocycles. The summed E-state index contributed by atoms with van der Waals surface area (Å²) < 4.78 is 11.1. The topological polar surface area (TPSA) is 62.8 Å². The van der Waals surface area contributed by atoms with Gasteiger partial charge < -0.3 is 20.1 Å². The molecule has 1 aliphatic carbocycles. The first-order valence-electron chi connectivity index (χ1n) is 10.9. The minimum Gasteiger partial charge on any atom is -0.486 e. The van der Waals surface area contributed by atoms with Crippen LogP contribution >= 0.6 is 0 Å². The molecule has 2 aliphatic rings. The van der Waals surface area contributed by atoms with E-state index in [1.807, 2.05) is 24.3 Å². The van der Waals surface area contributed by atoms with Crippen LogP contribution in [0.2, 0.25) is 0 Å². The first-order valence-corrected chi connectivity index (χ1v) is 10.9. The summed E-state index contributed by atoms with van der Waals surface area (Å²) in [5.41, 5.74) is 2.94. The number of amides is 1. The van der Waals surface area contributed by atoms with Gasteiger partial charge in [-0.15, -0.1) is 0 Å². The van der Waals surface area contributed by atoms with E-state index in [1.165, 1.54) is 37.7 Å². The molecular weight excluding hydrogens is 378 g/mol. The zero-order valence-corrected chi connectivity index (χ0v) is 17.7.